The van der Waals surface area contributed by atoms with E-state index in [-0.39, 0.29) is 0 Å². The van der Waals surface area contributed by atoms with Crippen LogP contribution >= 0.6 is 0 Å². The van der Waals surface area contributed by atoms with Gasteiger partial charge in [0.2, 0.25) is 0 Å². The predicted molar refractivity (Wildman–Crippen MR) is 153 cm³/mol. The van der Waals surface area contributed by atoms with Crippen LogP contribution in [0.5, 0.6) is 0 Å². The van der Waals surface area contributed by atoms with Crippen LogP contribution in [0.3, 0.4) is 0 Å². The largest absolute Gasteiger partial charge is 0.416 e. The number of nitrogens with zero attached hydrogens (tertiary/aromatic N) is 3. The molecule has 0 spiro atoms. The van der Waals surface area contributed by atoms with Crippen molar-refractivity contribution in [2.24, 2.45) is 13.0 Å². The third kappa shape index (κ3) is 11.4. The molecule has 0 N–H and O–H groups in total. The van der Waals surface area contributed by atoms with Crippen molar-refractivity contribution in [2.45, 2.75) is 99.4 Å². The van der Waals surface area contributed by atoms with Gasteiger partial charge in [0.25, 0.3) is 0 Å². The summed E-state index contributed by atoms with van der Waals surface area (Å²) in [5.74, 6) is 0.746. The van der Waals surface area contributed by atoms with Gasteiger partial charge in [0, 0.05) is 13.7 Å². The number of hydrogen-bond donors (Lipinski definition) is 0. The molecule has 0 amide bonds. The minimum Gasteiger partial charge on any atom is -0.375 e. The van der Waals surface area contributed by atoms with Crippen LogP contribution in [-0.4, -0.2) is 34.1 Å². The Morgan fingerprint density at radius 1 is 1.05 bits per heavy atom. The fourth-order valence-corrected chi connectivity index (χ4v) is 4.67. The number of benzene rings is 1. The van der Waals surface area contributed by atoms with Crippen LogP contribution in [0.25, 0.3) is 6.08 Å². The van der Waals surface area contributed by atoms with E-state index in [1.165, 1.54) is 6.07 Å². The molecule has 0 bridgehead atoms. The first kappa shape index (κ1) is 34.8. The first-order valence-corrected chi connectivity index (χ1v) is 14.6. The number of aromatic nitrogens is 2. The molecule has 0 saturated carbocycles. The van der Waals surface area contributed by atoms with E-state index in [9.17, 15) is 17.6 Å². The molecule has 222 valence electrons. The van der Waals surface area contributed by atoms with E-state index in [0.29, 0.717) is 37.2 Å². The average molecular weight is 556 g/mol. The van der Waals surface area contributed by atoms with Crippen molar-refractivity contribution in [1.29, 1.82) is 0 Å². The summed E-state index contributed by atoms with van der Waals surface area (Å²) in [5.41, 5.74) is 1.57. The molecule has 2 aromatic rings. The van der Waals surface area contributed by atoms with Crippen molar-refractivity contribution in [2.75, 3.05) is 19.7 Å². The Balaban J connectivity index is 0.00000181. The highest BCUT2D eigenvalue weighted by Crippen LogP contribution is 2.31. The zero-order chi connectivity index (χ0) is 29.4. The molecule has 1 aromatic heterocycles. The fraction of sp³-hybridized carbons (Fsp3) is 0.645. The van der Waals surface area contributed by atoms with Crippen molar-refractivity contribution >= 4 is 6.08 Å². The molecular formula is C31H49F4N3O. The monoisotopic (exact) mass is 555 g/mol. The molecule has 3 rings (SSSR count). The molecule has 1 aliphatic heterocycles. The summed E-state index contributed by atoms with van der Waals surface area (Å²) in [5, 5.41) is 0. The van der Waals surface area contributed by atoms with E-state index in [1.54, 1.807) is 0 Å². The highest BCUT2D eigenvalue weighted by atomic mass is 19.4. The minimum absolute atomic E-state index is 0.417. The van der Waals surface area contributed by atoms with E-state index in [2.05, 4.69) is 28.5 Å². The average Bonchev–Trinajstić information content (AvgIpc) is 3.22. The Morgan fingerprint density at radius 3 is 2.31 bits per heavy atom. The second-order valence-corrected chi connectivity index (χ2v) is 9.32. The van der Waals surface area contributed by atoms with Crippen LogP contribution in [-0.2, 0) is 37.5 Å². The summed E-state index contributed by atoms with van der Waals surface area (Å²) in [6.07, 6.45) is 4.89. The number of ether oxygens (including phenoxy) is 1. The van der Waals surface area contributed by atoms with E-state index >= 15 is 0 Å². The van der Waals surface area contributed by atoms with Crippen molar-refractivity contribution < 1.29 is 22.3 Å². The summed E-state index contributed by atoms with van der Waals surface area (Å²) in [7, 11) is 2.04. The van der Waals surface area contributed by atoms with E-state index < -0.39 is 17.6 Å². The summed E-state index contributed by atoms with van der Waals surface area (Å²) >= 11 is 0. The number of likely N-dealkylation sites (tertiary alicyclic amines) is 1. The lowest BCUT2D eigenvalue weighted by molar-refractivity contribution is -0.137. The molecule has 1 aliphatic rings. The molecule has 0 aliphatic carbocycles. The molecule has 1 fully saturated rings. The third-order valence-corrected chi connectivity index (χ3v) is 6.73. The van der Waals surface area contributed by atoms with Gasteiger partial charge in [-0.1, -0.05) is 47.1 Å². The van der Waals surface area contributed by atoms with Gasteiger partial charge >= 0.3 is 6.18 Å². The van der Waals surface area contributed by atoms with Crippen LogP contribution in [0.1, 0.15) is 102 Å². The Bertz CT molecular complexity index is 977. The molecule has 4 nitrogen and oxygen atoms in total. The highest BCUT2D eigenvalue weighted by molar-refractivity contribution is 5.48. The molecule has 2 heterocycles. The predicted octanol–water partition coefficient (Wildman–Crippen LogP) is 8.83. The Hall–Kier alpha value is -2.19. The maximum Gasteiger partial charge on any atom is 0.416 e. The van der Waals surface area contributed by atoms with Crippen LogP contribution in [0, 0.1) is 11.7 Å². The first-order valence-electron chi connectivity index (χ1n) is 14.6. The molecule has 0 radical (unpaired) electrons. The van der Waals surface area contributed by atoms with Crippen molar-refractivity contribution in [3.05, 3.63) is 58.4 Å². The number of piperidine rings is 1. The molecule has 0 unspecified atom stereocenters. The standard InChI is InChI=1S/C27H37F4N3O.2C2H6/c1-4-6-10-24-25(19-35-5-2)33(3)26(32-24)18-34-13-11-20(12-14-34)8-7-9-21-15-22(27(29,30)31)17-23(28)16-21;2*1-2/h6,10,15-17,20H,4-5,7-9,11-14,18-19H2,1-3H3;2*1-2H3/b10-6-;;. The molecule has 8 heteroatoms. The maximum atomic E-state index is 13.6. The van der Waals surface area contributed by atoms with Gasteiger partial charge < -0.3 is 9.30 Å². The summed E-state index contributed by atoms with van der Waals surface area (Å²) < 4.78 is 60.2. The van der Waals surface area contributed by atoms with Gasteiger partial charge in [-0.25, -0.2) is 9.37 Å². The van der Waals surface area contributed by atoms with Gasteiger partial charge in [0.15, 0.2) is 0 Å². The maximum absolute atomic E-state index is 13.6. The SMILES string of the molecule is CC.CC.CC/C=C\c1nc(CN2CCC(CCCc3cc(F)cc(C(F)(F)F)c3)CC2)n(C)c1COCC. The Morgan fingerprint density at radius 2 is 1.72 bits per heavy atom. The number of aryl methyl sites for hydroxylation is 1. The fourth-order valence-electron chi connectivity index (χ4n) is 4.67. The first-order chi connectivity index (χ1) is 18.7. The second-order valence-electron chi connectivity index (χ2n) is 9.32. The van der Waals surface area contributed by atoms with E-state index in [0.717, 1.165) is 75.0 Å². The lowest BCUT2D eigenvalue weighted by Crippen LogP contribution is -2.34. The van der Waals surface area contributed by atoms with Gasteiger partial charge in [-0.2, -0.15) is 13.2 Å². The molecule has 39 heavy (non-hydrogen) atoms. The van der Waals surface area contributed by atoms with Crippen LogP contribution in [0.2, 0.25) is 0 Å². The zero-order valence-corrected chi connectivity index (χ0v) is 25.0. The smallest absolute Gasteiger partial charge is 0.375 e. The topological polar surface area (TPSA) is 30.3 Å². The van der Waals surface area contributed by atoms with Gasteiger partial charge in [0.1, 0.15) is 11.6 Å². The Kier molecular flexibility index (Phi) is 16.3. The van der Waals surface area contributed by atoms with Gasteiger partial charge in [0.05, 0.1) is 30.1 Å². The lowest BCUT2D eigenvalue weighted by atomic mass is 9.90. The van der Waals surface area contributed by atoms with Crippen molar-refractivity contribution in [3.63, 3.8) is 0 Å². The second kappa shape index (κ2) is 18.2. The quantitative estimate of drug-likeness (QED) is 0.260. The van der Waals surface area contributed by atoms with E-state index in [1.807, 2.05) is 41.7 Å². The lowest BCUT2D eigenvalue weighted by Gasteiger charge is -2.31. The van der Waals surface area contributed by atoms with Gasteiger partial charge in [-0.3, -0.25) is 4.90 Å². The zero-order valence-electron chi connectivity index (χ0n) is 25.0. The normalized spacial score (nSPS) is 14.6. The van der Waals surface area contributed by atoms with Crippen LogP contribution in [0.15, 0.2) is 24.3 Å². The summed E-state index contributed by atoms with van der Waals surface area (Å²) in [4.78, 5) is 7.29. The summed E-state index contributed by atoms with van der Waals surface area (Å²) in [6, 6.07) is 2.85. The highest BCUT2D eigenvalue weighted by Gasteiger charge is 2.31. The minimum atomic E-state index is -4.52. The van der Waals surface area contributed by atoms with Crippen molar-refractivity contribution in [3.8, 4) is 0 Å². The van der Waals surface area contributed by atoms with Gasteiger partial charge in [-0.15, -0.1) is 0 Å². The number of imidazole rings is 1. The van der Waals surface area contributed by atoms with Gasteiger partial charge in [-0.05, 0) is 87.9 Å². The molecular weight excluding hydrogens is 506 g/mol. The van der Waals surface area contributed by atoms with Crippen LogP contribution in [0.4, 0.5) is 17.6 Å². The number of halogens is 4. The Labute approximate surface area is 233 Å². The van der Waals surface area contributed by atoms with Crippen LogP contribution < -0.4 is 0 Å². The molecule has 1 saturated heterocycles. The molecule has 1 aromatic carbocycles. The van der Waals surface area contributed by atoms with E-state index in [4.69, 9.17) is 9.72 Å². The summed E-state index contributed by atoms with van der Waals surface area (Å²) in [6.45, 7) is 16.0. The third-order valence-electron chi connectivity index (χ3n) is 6.73. The van der Waals surface area contributed by atoms with Crippen molar-refractivity contribution in [1.82, 2.24) is 14.5 Å². The number of rotatable bonds is 11. The molecule has 0 atom stereocenters. The number of alkyl halides is 3. The number of hydrogen-bond acceptors (Lipinski definition) is 3. The number of allylic oxidation sites excluding steroid dienone is 1.